The quantitative estimate of drug-likeness (QED) is 0.450. The summed E-state index contributed by atoms with van der Waals surface area (Å²) in [6.45, 7) is 3.84. The lowest BCUT2D eigenvalue weighted by Gasteiger charge is -2.31. The zero-order chi connectivity index (χ0) is 23.5. The topological polar surface area (TPSA) is 119 Å². The molecule has 0 aliphatic carbocycles. The number of aromatic nitrogens is 1. The lowest BCUT2D eigenvalue weighted by Crippen LogP contribution is -2.45. The third-order valence-electron chi connectivity index (χ3n) is 5.82. The van der Waals surface area contributed by atoms with Crippen LogP contribution >= 0.6 is 11.3 Å². The Hall–Kier alpha value is -2.08. The highest BCUT2D eigenvalue weighted by atomic mass is 32.1. The number of ether oxygens (including phenoxy) is 3. The minimum atomic E-state index is -0.501. The SMILES string of the molecule is COCCOCCOCC(=O)N1CCC(c2nc(C(=O)NC3CCCCNC3=O)cs2)CC1. The standard InChI is InChI=1S/C22H34N4O6S/c1-30-10-11-31-12-13-32-14-19(27)26-8-5-16(6-9-26)22-25-18(15-33-22)21(29)24-17-4-2-3-7-23-20(17)28/h15-17H,2-14H2,1H3,(H,23,28)(H,24,29). The van der Waals surface area contributed by atoms with Gasteiger partial charge < -0.3 is 29.7 Å². The van der Waals surface area contributed by atoms with Crippen LogP contribution in [0, 0.1) is 0 Å². The zero-order valence-corrected chi connectivity index (χ0v) is 20.0. The van der Waals surface area contributed by atoms with Crippen molar-refractivity contribution in [3.63, 3.8) is 0 Å². The molecule has 1 unspecified atom stereocenters. The molecule has 0 bridgehead atoms. The number of carbonyl (C=O) groups is 3. The van der Waals surface area contributed by atoms with Crippen LogP contribution in [0.2, 0.25) is 0 Å². The number of thiazole rings is 1. The fourth-order valence-electron chi connectivity index (χ4n) is 3.88. The van der Waals surface area contributed by atoms with Crippen molar-refractivity contribution in [2.45, 2.75) is 44.1 Å². The van der Waals surface area contributed by atoms with Gasteiger partial charge in [-0.1, -0.05) is 0 Å². The van der Waals surface area contributed by atoms with E-state index < -0.39 is 6.04 Å². The van der Waals surface area contributed by atoms with Gasteiger partial charge in [-0.05, 0) is 32.1 Å². The molecule has 0 aromatic carbocycles. The third-order valence-corrected chi connectivity index (χ3v) is 6.83. The van der Waals surface area contributed by atoms with Gasteiger partial charge in [-0.3, -0.25) is 14.4 Å². The van der Waals surface area contributed by atoms with Crippen LogP contribution in [-0.4, -0.2) is 93.4 Å². The van der Waals surface area contributed by atoms with Crippen molar-refractivity contribution in [2.24, 2.45) is 0 Å². The highest BCUT2D eigenvalue weighted by molar-refractivity contribution is 7.09. The summed E-state index contributed by atoms with van der Waals surface area (Å²) in [5, 5.41) is 8.29. The van der Waals surface area contributed by atoms with Gasteiger partial charge in [-0.25, -0.2) is 4.98 Å². The van der Waals surface area contributed by atoms with E-state index in [4.69, 9.17) is 14.2 Å². The van der Waals surface area contributed by atoms with Gasteiger partial charge in [-0.2, -0.15) is 0 Å². The molecule has 2 N–H and O–H groups in total. The fourth-order valence-corrected chi connectivity index (χ4v) is 4.85. The number of amides is 3. The van der Waals surface area contributed by atoms with E-state index in [1.165, 1.54) is 11.3 Å². The van der Waals surface area contributed by atoms with Gasteiger partial charge in [0.15, 0.2) is 0 Å². The van der Waals surface area contributed by atoms with E-state index in [-0.39, 0.29) is 30.2 Å². The van der Waals surface area contributed by atoms with E-state index >= 15 is 0 Å². The number of nitrogens with one attached hydrogen (secondary N) is 2. The Morgan fingerprint density at radius 1 is 1.15 bits per heavy atom. The van der Waals surface area contributed by atoms with Crippen LogP contribution < -0.4 is 10.6 Å². The minimum Gasteiger partial charge on any atom is -0.382 e. The molecule has 1 aromatic heterocycles. The van der Waals surface area contributed by atoms with Crippen molar-refractivity contribution >= 4 is 29.1 Å². The average molecular weight is 483 g/mol. The Morgan fingerprint density at radius 3 is 2.70 bits per heavy atom. The summed E-state index contributed by atoms with van der Waals surface area (Å²) in [7, 11) is 1.62. The summed E-state index contributed by atoms with van der Waals surface area (Å²) in [5.74, 6) is -0.241. The van der Waals surface area contributed by atoms with Crippen molar-refractivity contribution < 1.29 is 28.6 Å². The Morgan fingerprint density at radius 2 is 1.91 bits per heavy atom. The Balaban J connectivity index is 1.38. The first-order valence-electron chi connectivity index (χ1n) is 11.5. The first-order chi connectivity index (χ1) is 16.1. The van der Waals surface area contributed by atoms with E-state index in [0.29, 0.717) is 58.2 Å². The molecule has 184 valence electrons. The molecule has 33 heavy (non-hydrogen) atoms. The molecular weight excluding hydrogens is 448 g/mol. The largest absolute Gasteiger partial charge is 0.382 e. The first kappa shape index (κ1) is 25.5. The Labute approximate surface area is 198 Å². The summed E-state index contributed by atoms with van der Waals surface area (Å²) < 4.78 is 15.6. The van der Waals surface area contributed by atoms with Gasteiger partial charge >= 0.3 is 0 Å². The molecule has 3 heterocycles. The third kappa shape index (κ3) is 8.02. The average Bonchev–Trinajstić information content (AvgIpc) is 3.24. The molecule has 2 aliphatic heterocycles. The van der Waals surface area contributed by atoms with Crippen LogP contribution in [-0.2, 0) is 23.8 Å². The molecule has 0 spiro atoms. The number of methoxy groups -OCH3 is 1. The molecule has 10 nitrogen and oxygen atoms in total. The lowest BCUT2D eigenvalue weighted by atomic mass is 9.97. The molecule has 2 aliphatic rings. The second kappa shape index (κ2) is 13.6. The van der Waals surface area contributed by atoms with Crippen molar-refractivity contribution in [3.8, 4) is 0 Å². The molecule has 0 radical (unpaired) electrons. The number of hydrogen-bond acceptors (Lipinski definition) is 8. The predicted octanol–water partition coefficient (Wildman–Crippen LogP) is 0.927. The monoisotopic (exact) mass is 482 g/mol. The lowest BCUT2D eigenvalue weighted by molar-refractivity contribution is -0.137. The van der Waals surface area contributed by atoms with Gasteiger partial charge in [-0.15, -0.1) is 11.3 Å². The van der Waals surface area contributed by atoms with E-state index in [1.807, 2.05) is 4.90 Å². The normalized spacial score (nSPS) is 19.7. The van der Waals surface area contributed by atoms with Gasteiger partial charge in [0.25, 0.3) is 5.91 Å². The predicted molar refractivity (Wildman–Crippen MR) is 122 cm³/mol. The van der Waals surface area contributed by atoms with E-state index in [9.17, 15) is 14.4 Å². The van der Waals surface area contributed by atoms with Gasteiger partial charge in [0.2, 0.25) is 11.8 Å². The maximum Gasteiger partial charge on any atom is 0.271 e. The van der Waals surface area contributed by atoms with Gasteiger partial charge in [0.05, 0.1) is 31.4 Å². The summed E-state index contributed by atoms with van der Waals surface area (Å²) in [5.41, 5.74) is 0.353. The molecule has 0 saturated carbocycles. The molecule has 3 amide bonds. The van der Waals surface area contributed by atoms with Crippen molar-refractivity contribution in [3.05, 3.63) is 16.1 Å². The van der Waals surface area contributed by atoms with Crippen molar-refractivity contribution in [1.82, 2.24) is 20.5 Å². The molecule has 1 aromatic rings. The zero-order valence-electron chi connectivity index (χ0n) is 19.2. The maximum absolute atomic E-state index is 12.6. The smallest absolute Gasteiger partial charge is 0.271 e. The molecule has 11 heteroatoms. The summed E-state index contributed by atoms with van der Waals surface area (Å²) in [4.78, 5) is 43.3. The van der Waals surface area contributed by atoms with E-state index in [2.05, 4.69) is 15.6 Å². The second-order valence-corrected chi connectivity index (χ2v) is 9.09. The van der Waals surface area contributed by atoms with Crippen LogP contribution in [0.25, 0.3) is 0 Å². The van der Waals surface area contributed by atoms with Crippen LogP contribution in [0.1, 0.15) is 53.5 Å². The molecule has 1 atom stereocenters. The van der Waals surface area contributed by atoms with Gasteiger partial charge in [0.1, 0.15) is 18.3 Å². The second-order valence-electron chi connectivity index (χ2n) is 8.20. The first-order valence-corrected chi connectivity index (χ1v) is 12.4. The van der Waals surface area contributed by atoms with Crippen LogP contribution in [0.4, 0.5) is 0 Å². The number of carbonyl (C=O) groups excluding carboxylic acids is 3. The fraction of sp³-hybridized carbons (Fsp3) is 0.727. The van der Waals surface area contributed by atoms with Crippen molar-refractivity contribution in [2.75, 3.05) is 59.8 Å². The van der Waals surface area contributed by atoms with Crippen LogP contribution in [0.3, 0.4) is 0 Å². The van der Waals surface area contributed by atoms with E-state index in [0.717, 1.165) is 30.7 Å². The van der Waals surface area contributed by atoms with Crippen LogP contribution in [0.5, 0.6) is 0 Å². The molecular formula is C22H34N4O6S. The van der Waals surface area contributed by atoms with E-state index in [1.54, 1.807) is 12.5 Å². The van der Waals surface area contributed by atoms with Crippen molar-refractivity contribution in [1.29, 1.82) is 0 Å². The maximum atomic E-state index is 12.6. The van der Waals surface area contributed by atoms with Crippen LogP contribution in [0.15, 0.2) is 5.38 Å². The summed E-state index contributed by atoms with van der Waals surface area (Å²) in [6, 6.07) is -0.501. The Kier molecular flexibility index (Phi) is 10.5. The summed E-state index contributed by atoms with van der Waals surface area (Å²) >= 11 is 1.46. The molecule has 2 fully saturated rings. The number of likely N-dealkylation sites (tertiary alicyclic amines) is 1. The molecule has 2 saturated heterocycles. The minimum absolute atomic E-state index is 0.0220. The number of rotatable bonds is 11. The highest BCUT2D eigenvalue weighted by Crippen LogP contribution is 2.30. The number of hydrogen-bond donors (Lipinski definition) is 2. The highest BCUT2D eigenvalue weighted by Gasteiger charge is 2.28. The number of piperidine rings is 1. The molecule has 3 rings (SSSR count). The van der Waals surface area contributed by atoms with Gasteiger partial charge in [0, 0.05) is 38.0 Å². The Bertz CT molecular complexity index is 781. The number of nitrogens with zero attached hydrogens (tertiary/aromatic N) is 2. The summed E-state index contributed by atoms with van der Waals surface area (Å²) in [6.07, 6.45) is 4.06.